The lowest BCUT2D eigenvalue weighted by atomic mass is 10.1. The number of rotatable bonds is 4. The molecule has 0 bridgehead atoms. The highest BCUT2D eigenvalue weighted by atomic mass is 16.6. The number of aliphatic hydroxyl groups is 1. The topological polar surface area (TPSA) is 123 Å². The Bertz CT molecular complexity index is 666. The average Bonchev–Trinajstić information content (AvgIpc) is 2.81. The Kier molecular flexibility index (Phi) is 4.79. The van der Waals surface area contributed by atoms with Crippen LogP contribution in [0.5, 0.6) is 0 Å². The van der Waals surface area contributed by atoms with Crippen LogP contribution in [0.1, 0.15) is 25.1 Å². The number of hydrogen-bond donors (Lipinski definition) is 3. The van der Waals surface area contributed by atoms with Crippen molar-refractivity contribution in [2.75, 3.05) is 7.11 Å². The second-order valence-electron chi connectivity index (χ2n) is 5.19. The number of hydrogen-bond acceptors (Lipinski definition) is 6. The summed E-state index contributed by atoms with van der Waals surface area (Å²) in [6, 6.07) is 0. The van der Waals surface area contributed by atoms with E-state index in [9.17, 15) is 19.5 Å². The Balaban J connectivity index is 2.23. The molecule has 1 aromatic rings. The van der Waals surface area contributed by atoms with Crippen LogP contribution in [0.4, 0.5) is 0 Å². The summed E-state index contributed by atoms with van der Waals surface area (Å²) < 4.78 is 12.0. The minimum atomic E-state index is -0.930. The number of aliphatic hydroxyl groups excluding tert-OH is 1. The predicted molar refractivity (Wildman–Crippen MR) is 75.2 cm³/mol. The van der Waals surface area contributed by atoms with Crippen LogP contribution in [0.25, 0.3) is 0 Å². The fourth-order valence-electron chi connectivity index (χ4n) is 2.40. The second-order valence-corrected chi connectivity index (χ2v) is 5.19. The lowest BCUT2D eigenvalue weighted by Crippen LogP contribution is -2.47. The van der Waals surface area contributed by atoms with Gasteiger partial charge in [0.05, 0.1) is 6.10 Å². The number of aromatic amines is 1. The van der Waals surface area contributed by atoms with Gasteiger partial charge in [0.1, 0.15) is 12.3 Å². The van der Waals surface area contributed by atoms with Gasteiger partial charge in [0.15, 0.2) is 6.23 Å². The molecule has 1 saturated heterocycles. The van der Waals surface area contributed by atoms with Crippen LogP contribution in [0.15, 0.2) is 15.8 Å². The maximum Gasteiger partial charge on any atom is 0.330 e. The van der Waals surface area contributed by atoms with Gasteiger partial charge in [-0.25, -0.2) is 4.79 Å². The summed E-state index contributed by atoms with van der Waals surface area (Å²) in [6.07, 6.45) is -1.83. The van der Waals surface area contributed by atoms with Crippen LogP contribution in [-0.2, 0) is 14.3 Å². The van der Waals surface area contributed by atoms with Crippen molar-refractivity contribution in [3.05, 3.63) is 32.6 Å². The molecule has 0 spiro atoms. The molecule has 1 aliphatic heterocycles. The molecule has 4 atom stereocenters. The van der Waals surface area contributed by atoms with Crippen LogP contribution < -0.4 is 16.6 Å². The molecule has 2 rings (SSSR count). The van der Waals surface area contributed by atoms with Crippen LogP contribution in [0, 0.1) is 6.92 Å². The minimum Gasteiger partial charge on any atom is -0.390 e. The first-order valence-corrected chi connectivity index (χ1v) is 6.79. The first-order valence-electron chi connectivity index (χ1n) is 6.79. The number of aryl methyl sites for hydroxylation is 1. The van der Waals surface area contributed by atoms with E-state index in [0.717, 1.165) is 0 Å². The summed E-state index contributed by atoms with van der Waals surface area (Å²) in [6.45, 7) is 2.88. The molecular formula is C13H19N3O6. The van der Waals surface area contributed by atoms with Crippen molar-refractivity contribution in [1.29, 1.82) is 0 Å². The van der Waals surface area contributed by atoms with Crippen LogP contribution in [0.2, 0.25) is 0 Å². The molecule has 1 fully saturated rings. The molecule has 3 N–H and O–H groups in total. The van der Waals surface area contributed by atoms with Gasteiger partial charge in [0.25, 0.3) is 5.56 Å². The number of nitrogens with one attached hydrogen (secondary N) is 2. The minimum absolute atomic E-state index is 0.134. The van der Waals surface area contributed by atoms with Gasteiger partial charge in [-0.1, -0.05) is 0 Å². The van der Waals surface area contributed by atoms with E-state index in [1.807, 2.05) is 0 Å². The zero-order valence-corrected chi connectivity index (χ0v) is 12.5. The average molecular weight is 313 g/mol. The van der Waals surface area contributed by atoms with Gasteiger partial charge in [-0.15, -0.1) is 0 Å². The van der Waals surface area contributed by atoms with Crippen LogP contribution >= 0.6 is 0 Å². The highest BCUT2D eigenvalue weighted by molar-refractivity contribution is 5.73. The Morgan fingerprint density at radius 2 is 2.27 bits per heavy atom. The standard InChI is InChI=1S/C13H19N3O6/c1-6-5-16(13(20)15-11(6)19)9-4-8(18)10(22-9)12(21-3)14-7(2)17/h5,8-10,12,18H,4H2,1-3H3,(H,14,17)(H,15,19,20)/t8-,9+,10-,12?/m0/s1. The zero-order valence-electron chi connectivity index (χ0n) is 12.5. The monoisotopic (exact) mass is 313 g/mol. The van der Waals surface area contributed by atoms with Crippen LogP contribution in [0.3, 0.4) is 0 Å². The summed E-state index contributed by atoms with van der Waals surface area (Å²) in [5, 5.41) is 12.6. The van der Waals surface area contributed by atoms with E-state index in [1.165, 1.54) is 24.8 Å². The Morgan fingerprint density at radius 3 is 2.86 bits per heavy atom. The van der Waals surface area contributed by atoms with Crippen molar-refractivity contribution in [2.24, 2.45) is 0 Å². The second kappa shape index (κ2) is 6.42. The third-order valence-electron chi connectivity index (χ3n) is 3.49. The predicted octanol–water partition coefficient (Wildman–Crippen LogP) is -1.40. The summed E-state index contributed by atoms with van der Waals surface area (Å²) in [5.74, 6) is -0.330. The normalized spacial score (nSPS) is 25.9. The van der Waals surface area contributed by atoms with Crippen molar-refractivity contribution >= 4 is 5.91 Å². The van der Waals surface area contributed by atoms with E-state index < -0.39 is 35.9 Å². The molecule has 122 valence electrons. The molecule has 2 heterocycles. The van der Waals surface area contributed by atoms with E-state index in [4.69, 9.17) is 9.47 Å². The van der Waals surface area contributed by atoms with E-state index in [0.29, 0.717) is 5.56 Å². The molecular weight excluding hydrogens is 294 g/mol. The summed E-state index contributed by atoms with van der Waals surface area (Å²) >= 11 is 0. The number of amides is 1. The smallest absolute Gasteiger partial charge is 0.330 e. The Hall–Kier alpha value is -1.97. The molecule has 1 unspecified atom stereocenters. The lowest BCUT2D eigenvalue weighted by molar-refractivity contribution is -0.135. The van der Waals surface area contributed by atoms with Gasteiger partial charge in [0.2, 0.25) is 5.91 Å². The van der Waals surface area contributed by atoms with Crippen LogP contribution in [-0.4, -0.2) is 46.1 Å². The van der Waals surface area contributed by atoms with Crippen molar-refractivity contribution in [2.45, 2.75) is 44.9 Å². The maximum atomic E-state index is 11.9. The quantitative estimate of drug-likeness (QED) is 0.588. The molecule has 0 saturated carbocycles. The van der Waals surface area contributed by atoms with Crippen molar-refractivity contribution in [3.63, 3.8) is 0 Å². The summed E-state index contributed by atoms with van der Waals surface area (Å²) in [5.41, 5.74) is -0.738. The molecule has 9 heteroatoms. The van der Waals surface area contributed by atoms with E-state index in [1.54, 1.807) is 6.92 Å². The fraction of sp³-hybridized carbons (Fsp3) is 0.615. The van der Waals surface area contributed by atoms with Gasteiger partial charge in [-0.2, -0.15) is 0 Å². The van der Waals surface area contributed by atoms with Crippen molar-refractivity contribution < 1.29 is 19.4 Å². The molecule has 0 radical (unpaired) electrons. The molecule has 9 nitrogen and oxygen atoms in total. The number of aromatic nitrogens is 2. The fourth-order valence-corrected chi connectivity index (χ4v) is 2.40. The van der Waals surface area contributed by atoms with Crippen molar-refractivity contribution in [3.8, 4) is 0 Å². The number of methoxy groups -OCH3 is 1. The third kappa shape index (κ3) is 3.26. The first-order chi connectivity index (χ1) is 10.3. The molecule has 1 aliphatic rings. The third-order valence-corrected chi connectivity index (χ3v) is 3.49. The SMILES string of the molecule is COC(NC(C)=O)[C@H]1O[C@@H](n2cc(C)c(=O)[nH]c2=O)C[C@@H]1O. The van der Waals surface area contributed by atoms with E-state index >= 15 is 0 Å². The number of H-pyrrole nitrogens is 1. The number of carbonyl (C=O) groups is 1. The summed E-state index contributed by atoms with van der Waals surface area (Å²) in [4.78, 5) is 36.6. The number of nitrogens with zero attached hydrogens (tertiary/aromatic N) is 1. The van der Waals surface area contributed by atoms with E-state index in [-0.39, 0.29) is 12.3 Å². The molecule has 0 aliphatic carbocycles. The Labute approximate surface area is 125 Å². The number of ether oxygens (including phenoxy) is 2. The van der Waals surface area contributed by atoms with E-state index in [2.05, 4.69) is 10.3 Å². The molecule has 0 aromatic carbocycles. The Morgan fingerprint density at radius 1 is 1.59 bits per heavy atom. The summed E-state index contributed by atoms with van der Waals surface area (Å²) in [7, 11) is 1.38. The van der Waals surface area contributed by atoms with Gasteiger partial charge < -0.3 is 19.9 Å². The van der Waals surface area contributed by atoms with Crippen molar-refractivity contribution in [1.82, 2.24) is 14.9 Å². The molecule has 1 aromatic heterocycles. The van der Waals surface area contributed by atoms with Gasteiger partial charge in [0, 0.05) is 32.2 Å². The first kappa shape index (κ1) is 16.4. The van der Waals surface area contributed by atoms with Gasteiger partial charge >= 0.3 is 5.69 Å². The zero-order chi connectivity index (χ0) is 16.4. The maximum absolute atomic E-state index is 11.9. The number of carbonyl (C=O) groups excluding carboxylic acids is 1. The molecule has 1 amide bonds. The molecule has 22 heavy (non-hydrogen) atoms. The lowest BCUT2D eigenvalue weighted by Gasteiger charge is -2.25. The highest BCUT2D eigenvalue weighted by Crippen LogP contribution is 2.29. The largest absolute Gasteiger partial charge is 0.390 e. The van der Waals surface area contributed by atoms with Gasteiger partial charge in [-0.3, -0.25) is 19.1 Å². The highest BCUT2D eigenvalue weighted by Gasteiger charge is 2.41. The van der Waals surface area contributed by atoms with Gasteiger partial charge in [-0.05, 0) is 6.92 Å².